The largest absolute Gasteiger partial charge is 0.397 e. The number of Topliss-reactive ketones (excluding diaryl/α,β-unsaturated/α-hetero) is 2. The van der Waals surface area contributed by atoms with E-state index in [1.54, 1.807) is 45.0 Å². The summed E-state index contributed by atoms with van der Waals surface area (Å²) in [6.45, 7) is 7.21. The number of benzene rings is 1. The molecule has 1 rings (SSSR count). The van der Waals surface area contributed by atoms with Crippen LogP contribution in [0.15, 0.2) is 30.3 Å². The predicted molar refractivity (Wildman–Crippen MR) is 84.3 cm³/mol. The zero-order valence-electron chi connectivity index (χ0n) is 13.9. The summed E-state index contributed by atoms with van der Waals surface area (Å²) in [6.07, 6.45) is 0.00398. The standard InChI is InChI=1S/C10H10O2.3C2H6O.Zr/c1-8(11)7-10(12)9-5-3-2-4-6-9;3*1-2-3;/h2-6H,7H2,1H3;3*3H,2H2,1H3;. The first kappa shape index (κ1) is 29.3. The number of aliphatic hydroxyl groups excluding tert-OH is 3. The molecular formula is C16H28O5Zr. The van der Waals surface area contributed by atoms with Crippen molar-refractivity contribution in [3.8, 4) is 0 Å². The third-order valence-electron chi connectivity index (χ3n) is 1.51. The second kappa shape index (κ2) is 25.3. The Bertz CT molecular complexity index is 337. The summed E-state index contributed by atoms with van der Waals surface area (Å²) in [6, 6.07) is 8.84. The molecular weight excluding hydrogens is 363 g/mol. The van der Waals surface area contributed by atoms with Crippen molar-refractivity contribution in [1.29, 1.82) is 0 Å². The van der Waals surface area contributed by atoms with E-state index < -0.39 is 0 Å². The zero-order valence-corrected chi connectivity index (χ0v) is 16.3. The van der Waals surface area contributed by atoms with Gasteiger partial charge in [0, 0.05) is 51.6 Å². The van der Waals surface area contributed by atoms with Crippen LogP contribution in [0.1, 0.15) is 44.5 Å². The van der Waals surface area contributed by atoms with E-state index in [1.807, 2.05) is 6.07 Å². The number of hydrogen-bond donors (Lipinski definition) is 3. The van der Waals surface area contributed by atoms with Crippen LogP contribution < -0.4 is 0 Å². The van der Waals surface area contributed by atoms with Gasteiger partial charge in [0.05, 0.1) is 6.42 Å². The van der Waals surface area contributed by atoms with Crippen molar-refractivity contribution >= 4 is 11.6 Å². The molecule has 0 saturated carbocycles. The van der Waals surface area contributed by atoms with Crippen LogP contribution >= 0.6 is 0 Å². The summed E-state index contributed by atoms with van der Waals surface area (Å²) in [4.78, 5) is 21.8. The predicted octanol–water partition coefficient (Wildman–Crippen LogP) is 1.84. The fraction of sp³-hybridized carbons (Fsp3) is 0.500. The van der Waals surface area contributed by atoms with Gasteiger partial charge in [0.15, 0.2) is 5.78 Å². The van der Waals surface area contributed by atoms with E-state index in [0.29, 0.717) is 5.56 Å². The minimum atomic E-state index is -0.108. The summed E-state index contributed by atoms with van der Waals surface area (Å²) in [5, 5.41) is 22.7. The molecule has 5 nitrogen and oxygen atoms in total. The van der Waals surface area contributed by atoms with Gasteiger partial charge in [-0.05, 0) is 27.7 Å². The van der Waals surface area contributed by atoms with Gasteiger partial charge < -0.3 is 15.3 Å². The van der Waals surface area contributed by atoms with Gasteiger partial charge in [-0.3, -0.25) is 9.59 Å². The fourth-order valence-corrected chi connectivity index (χ4v) is 0.952. The van der Waals surface area contributed by atoms with Crippen molar-refractivity contribution in [2.45, 2.75) is 34.1 Å². The van der Waals surface area contributed by atoms with Gasteiger partial charge in [-0.2, -0.15) is 0 Å². The van der Waals surface area contributed by atoms with Gasteiger partial charge in [-0.15, -0.1) is 0 Å². The number of carbonyl (C=O) groups is 2. The van der Waals surface area contributed by atoms with Crippen LogP contribution in [0.2, 0.25) is 0 Å². The van der Waals surface area contributed by atoms with E-state index in [1.165, 1.54) is 6.92 Å². The average Bonchev–Trinajstić information content (AvgIpc) is 2.41. The van der Waals surface area contributed by atoms with Crippen LogP contribution in [0, 0.1) is 0 Å². The van der Waals surface area contributed by atoms with Gasteiger partial charge in [0.25, 0.3) is 0 Å². The van der Waals surface area contributed by atoms with Crippen molar-refractivity contribution < 1.29 is 51.1 Å². The molecule has 0 spiro atoms. The minimum Gasteiger partial charge on any atom is -0.397 e. The van der Waals surface area contributed by atoms with Crippen LogP contribution in [0.25, 0.3) is 0 Å². The SMILES string of the molecule is CC(=O)CC(=O)c1ccccc1.CCO.CCO.CCO.[Zr]. The van der Waals surface area contributed by atoms with Gasteiger partial charge in [0.2, 0.25) is 0 Å². The maximum atomic E-state index is 11.2. The molecule has 0 unspecified atom stereocenters. The van der Waals surface area contributed by atoms with Crippen molar-refractivity contribution in [3.63, 3.8) is 0 Å². The fourth-order valence-electron chi connectivity index (χ4n) is 0.952. The van der Waals surface area contributed by atoms with Crippen molar-refractivity contribution in [2.24, 2.45) is 0 Å². The van der Waals surface area contributed by atoms with E-state index in [4.69, 9.17) is 15.3 Å². The molecule has 0 aliphatic heterocycles. The Morgan fingerprint density at radius 2 is 1.18 bits per heavy atom. The number of hydrogen-bond acceptors (Lipinski definition) is 5. The second-order valence-corrected chi connectivity index (χ2v) is 3.62. The summed E-state index contributed by atoms with van der Waals surface area (Å²) < 4.78 is 0. The smallest absolute Gasteiger partial charge is 0.170 e. The first-order valence-electron chi connectivity index (χ1n) is 6.85. The molecule has 0 aromatic heterocycles. The average molecular weight is 392 g/mol. The minimum absolute atomic E-state index is 0. The molecule has 0 amide bonds. The topological polar surface area (TPSA) is 94.8 Å². The molecule has 0 fully saturated rings. The van der Waals surface area contributed by atoms with E-state index in [0.717, 1.165) is 0 Å². The van der Waals surface area contributed by atoms with Gasteiger partial charge >= 0.3 is 0 Å². The molecule has 1 aromatic carbocycles. The van der Waals surface area contributed by atoms with Crippen LogP contribution in [-0.2, 0) is 31.0 Å². The Morgan fingerprint density at radius 1 is 0.864 bits per heavy atom. The first-order chi connectivity index (χ1) is 9.94. The van der Waals surface area contributed by atoms with Crippen molar-refractivity contribution in [1.82, 2.24) is 0 Å². The number of rotatable bonds is 3. The van der Waals surface area contributed by atoms with Crippen molar-refractivity contribution in [2.75, 3.05) is 19.8 Å². The van der Waals surface area contributed by atoms with E-state index in [2.05, 4.69) is 0 Å². The number of aliphatic hydroxyl groups is 3. The van der Waals surface area contributed by atoms with Gasteiger partial charge in [0.1, 0.15) is 5.78 Å². The van der Waals surface area contributed by atoms with E-state index in [-0.39, 0.29) is 64.0 Å². The number of ketones is 2. The molecule has 126 valence electrons. The monoisotopic (exact) mass is 390 g/mol. The first-order valence-corrected chi connectivity index (χ1v) is 6.85. The van der Waals surface area contributed by atoms with E-state index >= 15 is 0 Å². The Morgan fingerprint density at radius 3 is 1.45 bits per heavy atom. The third-order valence-corrected chi connectivity index (χ3v) is 1.51. The number of carbonyl (C=O) groups excluding carboxylic acids is 2. The summed E-state index contributed by atoms with van der Waals surface area (Å²) >= 11 is 0. The molecule has 3 N–H and O–H groups in total. The van der Waals surface area contributed by atoms with Gasteiger partial charge in [-0.25, -0.2) is 0 Å². The molecule has 0 heterocycles. The Kier molecular flexibility index (Phi) is 33.7. The molecule has 0 aliphatic rings. The molecule has 0 saturated heterocycles. The van der Waals surface area contributed by atoms with Gasteiger partial charge in [-0.1, -0.05) is 30.3 Å². The summed E-state index contributed by atoms with van der Waals surface area (Å²) in [5.41, 5.74) is 0.604. The van der Waals surface area contributed by atoms with Crippen LogP contribution in [0.3, 0.4) is 0 Å². The van der Waals surface area contributed by atoms with Crippen LogP contribution in [0.4, 0.5) is 0 Å². The Hall–Kier alpha value is -0.677. The molecule has 0 aliphatic carbocycles. The third kappa shape index (κ3) is 27.6. The molecule has 22 heavy (non-hydrogen) atoms. The maximum absolute atomic E-state index is 11.2. The zero-order chi connectivity index (χ0) is 17.1. The van der Waals surface area contributed by atoms with Crippen molar-refractivity contribution in [3.05, 3.63) is 35.9 Å². The molecule has 1 aromatic rings. The second-order valence-electron chi connectivity index (χ2n) is 3.62. The quantitative estimate of drug-likeness (QED) is 0.540. The normalized spacial score (nSPS) is 7.59. The summed E-state index contributed by atoms with van der Waals surface area (Å²) in [5.74, 6) is -0.202. The molecule has 0 bridgehead atoms. The molecule has 6 heteroatoms. The van der Waals surface area contributed by atoms with Crippen LogP contribution in [0.5, 0.6) is 0 Å². The maximum Gasteiger partial charge on any atom is 0.170 e. The van der Waals surface area contributed by atoms with Crippen LogP contribution in [-0.4, -0.2) is 46.7 Å². The molecule has 0 radical (unpaired) electrons. The molecule has 0 atom stereocenters. The Labute approximate surface area is 152 Å². The van der Waals surface area contributed by atoms with E-state index in [9.17, 15) is 9.59 Å². The Balaban J connectivity index is -0.000000136. The summed E-state index contributed by atoms with van der Waals surface area (Å²) in [7, 11) is 0.